The predicted octanol–water partition coefficient (Wildman–Crippen LogP) is 2.10. The molecular formula is C15H18N2O3. The molecular weight excluding hydrogens is 256 g/mol. The summed E-state index contributed by atoms with van der Waals surface area (Å²) in [4.78, 5) is 26.3. The van der Waals surface area contributed by atoms with E-state index in [9.17, 15) is 9.59 Å². The van der Waals surface area contributed by atoms with E-state index in [-0.39, 0.29) is 11.8 Å². The van der Waals surface area contributed by atoms with Crippen LogP contribution in [0.2, 0.25) is 0 Å². The Morgan fingerprint density at radius 3 is 2.60 bits per heavy atom. The van der Waals surface area contributed by atoms with Crippen LogP contribution in [0.4, 0.5) is 11.4 Å². The zero-order valence-corrected chi connectivity index (χ0v) is 11.5. The van der Waals surface area contributed by atoms with Crippen LogP contribution in [-0.4, -0.2) is 18.9 Å². The van der Waals surface area contributed by atoms with Crippen molar-refractivity contribution in [2.45, 2.75) is 32.1 Å². The second-order valence-electron chi connectivity index (χ2n) is 5.63. The van der Waals surface area contributed by atoms with Gasteiger partial charge in [0.15, 0.2) is 0 Å². The minimum atomic E-state index is -0.469. The van der Waals surface area contributed by atoms with Crippen molar-refractivity contribution < 1.29 is 14.3 Å². The summed E-state index contributed by atoms with van der Waals surface area (Å²) in [5.74, 6) is 0.241. The average Bonchev–Trinajstić information content (AvgIpc) is 2.98. The number of methoxy groups -OCH3 is 1. The van der Waals surface area contributed by atoms with Crippen molar-refractivity contribution in [3.05, 3.63) is 18.2 Å². The first-order valence-corrected chi connectivity index (χ1v) is 6.88. The van der Waals surface area contributed by atoms with Crippen LogP contribution in [0.5, 0.6) is 5.75 Å². The van der Waals surface area contributed by atoms with E-state index >= 15 is 0 Å². The molecule has 1 aliphatic heterocycles. The number of nitrogens with zero attached hydrogens (tertiary/aromatic N) is 1. The van der Waals surface area contributed by atoms with Crippen LogP contribution in [0, 0.1) is 5.41 Å². The lowest BCUT2D eigenvalue weighted by atomic mass is 9.84. The maximum Gasteiger partial charge on any atom is 0.240 e. The number of benzene rings is 1. The van der Waals surface area contributed by atoms with Crippen molar-refractivity contribution in [2.75, 3.05) is 17.7 Å². The number of nitrogen functional groups attached to an aromatic ring is 1. The first kappa shape index (κ1) is 13.0. The Bertz CT molecular complexity index is 576. The molecule has 1 spiro atoms. The molecule has 20 heavy (non-hydrogen) atoms. The number of nitrogens with two attached hydrogens (primary N) is 1. The topological polar surface area (TPSA) is 72.6 Å². The SMILES string of the molecule is COc1cc(N)ccc1N1C(=O)CC2(CCCC2)C1=O. The second kappa shape index (κ2) is 4.51. The summed E-state index contributed by atoms with van der Waals surface area (Å²) in [6, 6.07) is 4.99. The van der Waals surface area contributed by atoms with Gasteiger partial charge in [0.1, 0.15) is 5.75 Å². The largest absolute Gasteiger partial charge is 0.494 e. The number of ether oxygens (including phenoxy) is 1. The van der Waals surface area contributed by atoms with Crippen LogP contribution in [0.1, 0.15) is 32.1 Å². The molecule has 1 saturated carbocycles. The van der Waals surface area contributed by atoms with E-state index in [2.05, 4.69) is 0 Å². The number of carbonyl (C=O) groups excluding carboxylic acids is 2. The summed E-state index contributed by atoms with van der Waals surface area (Å²) in [7, 11) is 1.51. The van der Waals surface area contributed by atoms with Gasteiger partial charge in [-0.25, -0.2) is 4.90 Å². The molecule has 1 heterocycles. The molecule has 2 amide bonds. The molecule has 3 rings (SSSR count). The molecule has 2 N–H and O–H groups in total. The van der Waals surface area contributed by atoms with Crippen LogP contribution in [0.15, 0.2) is 18.2 Å². The molecule has 5 nitrogen and oxygen atoms in total. The lowest BCUT2D eigenvalue weighted by molar-refractivity contribution is -0.125. The molecule has 0 unspecified atom stereocenters. The Hall–Kier alpha value is -2.04. The van der Waals surface area contributed by atoms with Gasteiger partial charge in [-0.1, -0.05) is 12.8 Å². The zero-order chi connectivity index (χ0) is 14.3. The summed E-state index contributed by atoms with van der Waals surface area (Å²) < 4.78 is 5.26. The highest BCUT2D eigenvalue weighted by Gasteiger charge is 2.53. The van der Waals surface area contributed by atoms with Gasteiger partial charge in [-0.05, 0) is 25.0 Å². The summed E-state index contributed by atoms with van der Waals surface area (Å²) in [6.45, 7) is 0. The van der Waals surface area contributed by atoms with E-state index in [0.29, 0.717) is 23.5 Å². The lowest BCUT2D eigenvalue weighted by Crippen LogP contribution is -2.34. The van der Waals surface area contributed by atoms with Crippen LogP contribution in [0.3, 0.4) is 0 Å². The van der Waals surface area contributed by atoms with Gasteiger partial charge in [0.05, 0.1) is 18.2 Å². The normalized spacial score (nSPS) is 20.9. The van der Waals surface area contributed by atoms with E-state index in [0.717, 1.165) is 25.7 Å². The molecule has 0 aromatic heterocycles. The molecule has 1 aromatic carbocycles. The van der Waals surface area contributed by atoms with E-state index < -0.39 is 5.41 Å². The van der Waals surface area contributed by atoms with Crippen molar-refractivity contribution in [3.8, 4) is 5.75 Å². The Kier molecular flexibility index (Phi) is 2.92. The first-order chi connectivity index (χ1) is 9.57. The number of hydrogen-bond acceptors (Lipinski definition) is 4. The number of rotatable bonds is 2. The van der Waals surface area contributed by atoms with E-state index in [1.807, 2.05) is 0 Å². The third kappa shape index (κ3) is 1.77. The number of amides is 2. The number of hydrogen-bond donors (Lipinski definition) is 1. The highest BCUT2D eigenvalue weighted by Crippen LogP contribution is 2.49. The Morgan fingerprint density at radius 2 is 1.95 bits per heavy atom. The van der Waals surface area contributed by atoms with Gasteiger partial charge in [-0.2, -0.15) is 0 Å². The standard InChI is InChI=1S/C15H18N2O3/c1-20-12-8-10(16)4-5-11(12)17-13(18)9-15(14(17)19)6-2-3-7-15/h4-5,8H,2-3,6-7,9,16H2,1H3. The third-order valence-corrected chi connectivity index (χ3v) is 4.40. The number of carbonyl (C=O) groups is 2. The van der Waals surface area contributed by atoms with E-state index in [1.54, 1.807) is 18.2 Å². The number of anilines is 2. The molecule has 2 fully saturated rings. The number of imide groups is 1. The van der Waals surface area contributed by atoms with Crippen molar-refractivity contribution >= 4 is 23.2 Å². The molecule has 1 aromatic rings. The van der Waals surface area contributed by atoms with Gasteiger partial charge in [-0.3, -0.25) is 9.59 Å². The Balaban J connectivity index is 2.02. The second-order valence-corrected chi connectivity index (χ2v) is 5.63. The van der Waals surface area contributed by atoms with Gasteiger partial charge in [-0.15, -0.1) is 0 Å². The minimum absolute atomic E-state index is 0.0805. The van der Waals surface area contributed by atoms with E-state index in [4.69, 9.17) is 10.5 Å². The predicted molar refractivity (Wildman–Crippen MR) is 75.4 cm³/mol. The minimum Gasteiger partial charge on any atom is -0.494 e. The zero-order valence-electron chi connectivity index (χ0n) is 11.5. The molecule has 0 bridgehead atoms. The van der Waals surface area contributed by atoms with Crippen LogP contribution < -0.4 is 15.4 Å². The van der Waals surface area contributed by atoms with Gasteiger partial charge in [0.2, 0.25) is 11.8 Å². The fourth-order valence-corrected chi connectivity index (χ4v) is 3.36. The Labute approximate surface area is 117 Å². The van der Waals surface area contributed by atoms with Crippen LogP contribution in [-0.2, 0) is 9.59 Å². The molecule has 0 atom stereocenters. The van der Waals surface area contributed by atoms with E-state index in [1.165, 1.54) is 12.0 Å². The molecule has 2 aliphatic rings. The molecule has 1 saturated heterocycles. The van der Waals surface area contributed by atoms with Gasteiger partial charge < -0.3 is 10.5 Å². The molecule has 106 valence electrons. The smallest absolute Gasteiger partial charge is 0.240 e. The van der Waals surface area contributed by atoms with Crippen molar-refractivity contribution in [1.82, 2.24) is 0 Å². The summed E-state index contributed by atoms with van der Waals surface area (Å²) in [6.07, 6.45) is 3.98. The summed E-state index contributed by atoms with van der Waals surface area (Å²) in [5.41, 5.74) is 6.29. The third-order valence-electron chi connectivity index (χ3n) is 4.40. The monoisotopic (exact) mass is 274 g/mol. The van der Waals surface area contributed by atoms with Crippen molar-refractivity contribution in [1.29, 1.82) is 0 Å². The average molecular weight is 274 g/mol. The summed E-state index contributed by atoms with van der Waals surface area (Å²) in [5, 5.41) is 0. The highest BCUT2D eigenvalue weighted by molar-refractivity contribution is 6.23. The fraction of sp³-hybridized carbons (Fsp3) is 0.467. The first-order valence-electron chi connectivity index (χ1n) is 6.88. The molecule has 5 heteroatoms. The molecule has 0 radical (unpaired) electrons. The molecule has 1 aliphatic carbocycles. The lowest BCUT2D eigenvalue weighted by Gasteiger charge is -2.22. The van der Waals surface area contributed by atoms with Gasteiger partial charge in [0.25, 0.3) is 0 Å². The maximum absolute atomic E-state index is 12.7. The summed E-state index contributed by atoms with van der Waals surface area (Å²) >= 11 is 0. The maximum atomic E-state index is 12.7. The van der Waals surface area contributed by atoms with Gasteiger partial charge >= 0.3 is 0 Å². The van der Waals surface area contributed by atoms with Gasteiger partial charge in [0, 0.05) is 18.2 Å². The Morgan fingerprint density at radius 1 is 1.25 bits per heavy atom. The van der Waals surface area contributed by atoms with Crippen molar-refractivity contribution in [2.24, 2.45) is 5.41 Å². The van der Waals surface area contributed by atoms with Crippen LogP contribution in [0.25, 0.3) is 0 Å². The van der Waals surface area contributed by atoms with Crippen molar-refractivity contribution in [3.63, 3.8) is 0 Å². The fourth-order valence-electron chi connectivity index (χ4n) is 3.36. The quantitative estimate of drug-likeness (QED) is 0.662. The highest BCUT2D eigenvalue weighted by atomic mass is 16.5. The van der Waals surface area contributed by atoms with Crippen LogP contribution >= 0.6 is 0 Å².